The van der Waals surface area contributed by atoms with E-state index in [9.17, 15) is 19.7 Å². The number of amides is 1. The Kier molecular flexibility index (Phi) is 7.29. The molecule has 8 nitrogen and oxygen atoms in total. The second-order valence-corrected chi connectivity index (χ2v) is 8.53. The van der Waals surface area contributed by atoms with Crippen LogP contribution in [0, 0.1) is 16.0 Å². The number of nitro benzene ring substituents is 1. The van der Waals surface area contributed by atoms with E-state index in [1.807, 2.05) is 4.90 Å². The van der Waals surface area contributed by atoms with E-state index in [0.717, 1.165) is 51.6 Å². The highest BCUT2D eigenvalue weighted by Gasteiger charge is 2.26. The first-order valence-corrected chi connectivity index (χ1v) is 10.8. The highest BCUT2D eigenvalue weighted by Crippen LogP contribution is 2.32. The lowest BCUT2D eigenvalue weighted by atomic mass is 9.94. The van der Waals surface area contributed by atoms with E-state index < -0.39 is 10.9 Å². The summed E-state index contributed by atoms with van der Waals surface area (Å²) in [5, 5.41) is 11.6. The molecule has 1 aliphatic carbocycles. The molecule has 0 radical (unpaired) electrons. The first-order valence-electron chi connectivity index (χ1n) is 10.8. The van der Waals surface area contributed by atoms with Crippen molar-refractivity contribution < 1.29 is 19.2 Å². The number of hydrogen-bond acceptors (Lipinski definition) is 6. The zero-order valence-corrected chi connectivity index (χ0v) is 17.8. The number of likely N-dealkylation sites (N-methyl/N-ethyl adjacent to an activating group) is 1. The lowest BCUT2D eigenvalue weighted by Gasteiger charge is -2.32. The van der Waals surface area contributed by atoms with Crippen molar-refractivity contribution in [2.45, 2.75) is 57.9 Å². The smallest absolute Gasteiger partial charge is 0.338 e. The van der Waals surface area contributed by atoms with Crippen molar-refractivity contribution in [1.29, 1.82) is 0 Å². The SMILES string of the molecule is CC1CCCN(c2ccc(C(=O)OCC(=O)N(C)C3CCCCC3)cc2[N+](=O)[O-])C1. The number of nitrogens with zero attached hydrogens (tertiary/aromatic N) is 3. The number of carbonyl (C=O) groups excluding carboxylic acids is 2. The molecule has 1 aliphatic heterocycles. The van der Waals surface area contributed by atoms with Gasteiger partial charge in [-0.05, 0) is 43.7 Å². The number of carbonyl (C=O) groups is 2. The molecule has 1 saturated heterocycles. The van der Waals surface area contributed by atoms with E-state index in [2.05, 4.69) is 6.92 Å². The Balaban J connectivity index is 1.64. The van der Waals surface area contributed by atoms with Gasteiger partial charge < -0.3 is 14.5 Å². The maximum atomic E-state index is 12.4. The highest BCUT2D eigenvalue weighted by atomic mass is 16.6. The third kappa shape index (κ3) is 5.29. The molecular weight excluding hydrogens is 386 g/mol. The van der Waals surface area contributed by atoms with Gasteiger partial charge in [-0.25, -0.2) is 4.79 Å². The summed E-state index contributed by atoms with van der Waals surface area (Å²) in [5.41, 5.74) is 0.504. The van der Waals surface area contributed by atoms with Gasteiger partial charge in [-0.15, -0.1) is 0 Å². The van der Waals surface area contributed by atoms with Gasteiger partial charge in [0.05, 0.1) is 10.5 Å². The summed E-state index contributed by atoms with van der Waals surface area (Å²) in [6.07, 6.45) is 7.44. The molecule has 1 aromatic rings. The van der Waals surface area contributed by atoms with Gasteiger partial charge in [0.2, 0.25) is 0 Å². The maximum absolute atomic E-state index is 12.4. The number of anilines is 1. The number of piperidine rings is 1. The topological polar surface area (TPSA) is 93.0 Å². The van der Waals surface area contributed by atoms with E-state index in [1.165, 1.54) is 12.5 Å². The molecule has 8 heteroatoms. The molecule has 1 saturated carbocycles. The molecule has 1 amide bonds. The van der Waals surface area contributed by atoms with Crippen LogP contribution in [0.15, 0.2) is 18.2 Å². The van der Waals surface area contributed by atoms with Gasteiger partial charge in [0.1, 0.15) is 5.69 Å². The molecule has 2 aliphatic rings. The van der Waals surface area contributed by atoms with Crippen LogP contribution < -0.4 is 4.90 Å². The number of benzene rings is 1. The minimum atomic E-state index is -0.720. The van der Waals surface area contributed by atoms with Gasteiger partial charge in [-0.3, -0.25) is 14.9 Å². The molecule has 164 valence electrons. The molecule has 1 unspecified atom stereocenters. The number of rotatable bonds is 6. The standard InChI is InChI=1S/C22H31N3O5/c1-16-7-6-12-24(14-16)19-11-10-17(13-20(19)25(28)29)22(27)30-15-21(26)23(2)18-8-4-3-5-9-18/h10-11,13,16,18H,3-9,12,14-15H2,1-2H3. The van der Waals surface area contributed by atoms with Crippen molar-refractivity contribution in [2.24, 2.45) is 5.92 Å². The van der Waals surface area contributed by atoms with Gasteiger partial charge in [-0.1, -0.05) is 26.2 Å². The van der Waals surface area contributed by atoms with Crippen LogP contribution >= 0.6 is 0 Å². The Bertz CT molecular complexity index is 791. The van der Waals surface area contributed by atoms with Crippen molar-refractivity contribution >= 4 is 23.3 Å². The predicted octanol–water partition coefficient (Wildman–Crippen LogP) is 3.78. The van der Waals surface area contributed by atoms with Gasteiger partial charge in [-0.2, -0.15) is 0 Å². The normalized spacial score (nSPS) is 19.9. The lowest BCUT2D eigenvalue weighted by molar-refractivity contribution is -0.384. The molecule has 1 heterocycles. The van der Waals surface area contributed by atoms with Crippen LogP contribution in [0.1, 0.15) is 62.2 Å². The molecular formula is C22H31N3O5. The third-order valence-corrected chi connectivity index (χ3v) is 6.25. The summed E-state index contributed by atoms with van der Waals surface area (Å²) in [6, 6.07) is 4.60. The van der Waals surface area contributed by atoms with E-state index in [0.29, 0.717) is 11.6 Å². The molecule has 30 heavy (non-hydrogen) atoms. The fourth-order valence-corrected chi connectivity index (χ4v) is 4.46. The highest BCUT2D eigenvalue weighted by molar-refractivity contribution is 5.93. The Morgan fingerprint density at radius 3 is 2.60 bits per heavy atom. The van der Waals surface area contributed by atoms with Crippen molar-refractivity contribution in [3.8, 4) is 0 Å². The molecule has 3 rings (SSSR count). The second kappa shape index (κ2) is 9.91. The first-order chi connectivity index (χ1) is 14.4. The molecule has 0 aromatic heterocycles. The fourth-order valence-electron chi connectivity index (χ4n) is 4.46. The van der Waals surface area contributed by atoms with Gasteiger partial charge in [0.15, 0.2) is 6.61 Å². The molecule has 0 N–H and O–H groups in total. The van der Waals surface area contributed by atoms with E-state index in [-0.39, 0.29) is 29.8 Å². The van der Waals surface area contributed by atoms with E-state index >= 15 is 0 Å². The van der Waals surface area contributed by atoms with Crippen LogP contribution in [-0.4, -0.2) is 54.5 Å². The average Bonchev–Trinajstić information content (AvgIpc) is 2.76. The minimum absolute atomic E-state index is 0.0867. The number of esters is 1. The van der Waals surface area contributed by atoms with Crippen LogP contribution in [-0.2, 0) is 9.53 Å². The van der Waals surface area contributed by atoms with Crippen LogP contribution in [0.25, 0.3) is 0 Å². The average molecular weight is 418 g/mol. The summed E-state index contributed by atoms with van der Waals surface area (Å²) >= 11 is 0. The molecule has 0 bridgehead atoms. The Labute approximate surface area is 177 Å². The summed E-state index contributed by atoms with van der Waals surface area (Å²) < 4.78 is 5.17. The van der Waals surface area contributed by atoms with Crippen LogP contribution in [0.3, 0.4) is 0 Å². The van der Waals surface area contributed by atoms with Crippen LogP contribution in [0.4, 0.5) is 11.4 Å². The van der Waals surface area contributed by atoms with Crippen molar-refractivity contribution in [3.05, 3.63) is 33.9 Å². The van der Waals surface area contributed by atoms with Crippen molar-refractivity contribution in [1.82, 2.24) is 4.90 Å². The molecule has 2 fully saturated rings. The zero-order valence-electron chi connectivity index (χ0n) is 17.8. The predicted molar refractivity (Wildman–Crippen MR) is 114 cm³/mol. The van der Waals surface area contributed by atoms with Crippen LogP contribution in [0.5, 0.6) is 0 Å². The summed E-state index contributed by atoms with van der Waals surface area (Å²) in [5.74, 6) is -0.499. The fraction of sp³-hybridized carbons (Fsp3) is 0.636. The maximum Gasteiger partial charge on any atom is 0.338 e. The minimum Gasteiger partial charge on any atom is -0.452 e. The number of nitro groups is 1. The van der Waals surface area contributed by atoms with Gasteiger partial charge in [0, 0.05) is 32.2 Å². The quantitative estimate of drug-likeness (QED) is 0.397. The van der Waals surface area contributed by atoms with Crippen molar-refractivity contribution in [2.75, 3.05) is 31.6 Å². The van der Waals surface area contributed by atoms with Crippen molar-refractivity contribution in [3.63, 3.8) is 0 Å². The van der Waals surface area contributed by atoms with Crippen LogP contribution in [0.2, 0.25) is 0 Å². The monoisotopic (exact) mass is 417 g/mol. The first kappa shape index (κ1) is 22.1. The van der Waals surface area contributed by atoms with Gasteiger partial charge >= 0.3 is 5.97 Å². The lowest BCUT2D eigenvalue weighted by Crippen LogP contribution is -2.40. The van der Waals surface area contributed by atoms with E-state index in [4.69, 9.17) is 4.74 Å². The second-order valence-electron chi connectivity index (χ2n) is 8.53. The largest absolute Gasteiger partial charge is 0.452 e. The summed E-state index contributed by atoms with van der Waals surface area (Å²) in [6.45, 7) is 3.29. The molecule has 0 spiro atoms. The Morgan fingerprint density at radius 1 is 1.20 bits per heavy atom. The summed E-state index contributed by atoms with van der Waals surface area (Å²) in [7, 11) is 1.74. The third-order valence-electron chi connectivity index (χ3n) is 6.25. The molecule has 1 aromatic carbocycles. The number of ether oxygens (including phenoxy) is 1. The molecule has 1 atom stereocenters. The Morgan fingerprint density at radius 2 is 1.93 bits per heavy atom. The Hall–Kier alpha value is -2.64. The van der Waals surface area contributed by atoms with Gasteiger partial charge in [0.25, 0.3) is 11.6 Å². The zero-order chi connectivity index (χ0) is 21.7. The van der Waals surface area contributed by atoms with E-state index in [1.54, 1.807) is 24.1 Å². The summed E-state index contributed by atoms with van der Waals surface area (Å²) in [4.78, 5) is 39.6. The number of hydrogen-bond donors (Lipinski definition) is 0.